The number of unbranched alkanes of at least 4 members (excludes halogenated alkanes) is 5. The minimum Gasteiger partial charge on any atom is -0.206 e. The monoisotopic (exact) mass is 1990 g/mol. The predicted molar refractivity (Wildman–Crippen MR) is 627 cm³/mol. The van der Waals surface area contributed by atoms with Crippen LogP contribution in [0.2, 0.25) is 0 Å². The summed E-state index contributed by atoms with van der Waals surface area (Å²) in [6.07, 6.45) is 42.5. The molecule has 0 nitrogen and oxygen atoms in total. The van der Waals surface area contributed by atoms with Crippen molar-refractivity contribution in [3.63, 3.8) is 0 Å². The van der Waals surface area contributed by atoms with E-state index >= 15 is 8.78 Å². The molecule has 5 saturated carbocycles. The highest BCUT2D eigenvalue weighted by Crippen LogP contribution is 2.45. The molecule has 0 bridgehead atoms. The van der Waals surface area contributed by atoms with Gasteiger partial charge in [-0.15, -0.1) is 0 Å². The van der Waals surface area contributed by atoms with Crippen molar-refractivity contribution in [3.05, 3.63) is 418 Å². The van der Waals surface area contributed by atoms with Crippen LogP contribution in [0.1, 0.15) is 341 Å². The first-order valence-electron chi connectivity index (χ1n) is 57.6. The van der Waals surface area contributed by atoms with E-state index in [1.807, 2.05) is 60.7 Å². The molecular formula is C144H163F5. The van der Waals surface area contributed by atoms with Crippen molar-refractivity contribution in [2.75, 3.05) is 0 Å². The Hall–Kier alpha value is -12.1. The summed E-state index contributed by atoms with van der Waals surface area (Å²) in [5.74, 6) is 6.90. The Morgan fingerprint density at radius 2 is 0.329 bits per heavy atom. The zero-order chi connectivity index (χ0) is 104. The number of benzene rings is 15. The normalized spacial score (nSPS) is 19.1. The number of halogens is 5. The largest absolute Gasteiger partial charge is 0.206 e. The Morgan fingerprint density at radius 1 is 0.161 bits per heavy atom. The number of aryl methyl sites for hydroxylation is 5. The molecule has 0 unspecified atom stereocenters. The highest BCUT2D eigenvalue weighted by Gasteiger charge is 2.27. The summed E-state index contributed by atoms with van der Waals surface area (Å²) >= 11 is 0. The number of rotatable bonds is 29. The lowest BCUT2D eigenvalue weighted by Crippen LogP contribution is -2.10. The maximum atomic E-state index is 15.0. The molecule has 20 rings (SSSR count). The summed E-state index contributed by atoms with van der Waals surface area (Å²) in [4.78, 5) is 0. The SMILES string of the molecule is CCCCCc1ccc(-c2ccc(-c3ccc(C4CCC(C)CC4)cc3)c(F)c2)cc1.CCCCCc1ccc(-c2ccc(-c3ccc(C4CCC(C)CC4)cc3)c(F)c2)cc1.CCCCc1ccc(-c2ccc(-c3ccc(C4CCC(C)CC4)cc3)c(F)c2)cc1.CCCc1ccc(-c2ccc(-c3ccc(C4CCC(C)CC4)cc3)c(F)c2)cc1.CCc1ccc(-c2ccc(-c3ccc(C4CCC(C)CC4)cc3)c(F)c2)cc1. The minimum absolute atomic E-state index is 0.149. The van der Waals surface area contributed by atoms with Crippen molar-refractivity contribution in [3.8, 4) is 111 Å². The lowest BCUT2D eigenvalue weighted by Gasteiger charge is -2.26. The zero-order valence-electron chi connectivity index (χ0n) is 91.0. The Labute approximate surface area is 892 Å². The third kappa shape index (κ3) is 30.7. The van der Waals surface area contributed by atoms with E-state index in [-0.39, 0.29) is 29.1 Å². The molecule has 0 N–H and O–H groups in total. The van der Waals surface area contributed by atoms with E-state index in [0.29, 0.717) is 57.4 Å². The van der Waals surface area contributed by atoms with E-state index in [4.69, 9.17) is 0 Å². The summed E-state index contributed by atoms with van der Waals surface area (Å²) in [5.41, 5.74) is 32.0. The molecule has 0 saturated heterocycles. The zero-order valence-corrected chi connectivity index (χ0v) is 91.0. The molecule has 149 heavy (non-hydrogen) atoms. The third-order valence-corrected chi connectivity index (χ3v) is 33.7. The molecule has 15 aromatic carbocycles. The van der Waals surface area contributed by atoms with E-state index in [2.05, 4.69) is 312 Å². The average Bonchev–Trinajstić information content (AvgIpc) is 0.819. The first kappa shape index (κ1) is 110. The standard InChI is InChI=1S/2C30H35F.C29H33F.C28H31F.C27H29F/c2*1-3-4-5-6-23-9-13-26(14-10-23)28-19-20-29(30(31)21-28)27-17-15-25(16-18-27)24-11-7-22(2)8-12-24;1-3-4-5-22-8-12-25(13-9-22)27-18-19-28(29(30)20-27)26-16-14-24(15-17-26)23-10-6-21(2)7-11-23;1-3-4-21-7-11-24(12-8-21)26-17-18-27(28(29)19-26)25-15-13-23(14-16-25)22-9-5-20(2)6-10-22;1-3-20-6-10-23(11-7-20)25-16-17-26(27(28)18-25)24-14-12-22(13-15-24)21-8-4-19(2)5-9-21/h2*9-10,13-22,24H,3-8,11-12H2,1-2H3;8-9,12-21,23H,3-7,10-11H2,1-2H3;7-8,11-20,22H,3-6,9-10H2,1-2H3;6-7,10-19,21H,3-5,8-9H2,1-2H3. The average molecular weight is 1990 g/mol. The molecule has 774 valence electrons. The van der Waals surface area contributed by atoms with Gasteiger partial charge in [-0.3, -0.25) is 0 Å². The van der Waals surface area contributed by atoms with E-state index in [0.717, 1.165) is 152 Å². The van der Waals surface area contributed by atoms with Crippen molar-refractivity contribution in [2.24, 2.45) is 29.6 Å². The molecule has 5 aliphatic rings. The fraction of sp³-hybridized carbons (Fsp3) is 0.375. The molecule has 15 aromatic rings. The third-order valence-electron chi connectivity index (χ3n) is 33.7. The van der Waals surface area contributed by atoms with Crippen LogP contribution in [0, 0.1) is 58.7 Å². The van der Waals surface area contributed by atoms with Gasteiger partial charge < -0.3 is 0 Å². The molecule has 0 aliphatic heterocycles. The van der Waals surface area contributed by atoms with Gasteiger partial charge in [-0.2, -0.15) is 0 Å². The molecule has 5 fully saturated rings. The number of hydrogen-bond acceptors (Lipinski definition) is 0. The molecule has 0 spiro atoms. The summed E-state index contributed by atoms with van der Waals surface area (Å²) in [6.45, 7) is 22.8. The van der Waals surface area contributed by atoms with Crippen molar-refractivity contribution in [1.29, 1.82) is 0 Å². The van der Waals surface area contributed by atoms with Crippen LogP contribution in [0.25, 0.3) is 111 Å². The van der Waals surface area contributed by atoms with Crippen LogP contribution < -0.4 is 0 Å². The highest BCUT2D eigenvalue weighted by molar-refractivity contribution is 5.77. The summed E-state index contributed by atoms with van der Waals surface area (Å²) in [6, 6.07) is 114. The second kappa shape index (κ2) is 55.1. The van der Waals surface area contributed by atoms with Crippen LogP contribution in [0.4, 0.5) is 22.0 Å². The maximum absolute atomic E-state index is 15.0. The van der Waals surface area contributed by atoms with Crippen molar-refractivity contribution in [1.82, 2.24) is 0 Å². The van der Waals surface area contributed by atoms with Gasteiger partial charge in [0.05, 0.1) is 0 Å². The van der Waals surface area contributed by atoms with Crippen molar-refractivity contribution >= 4 is 0 Å². The minimum atomic E-state index is -0.156. The number of hydrogen-bond donors (Lipinski definition) is 0. The molecular weight excluding hydrogens is 1820 g/mol. The summed E-state index contributed by atoms with van der Waals surface area (Å²) in [5, 5.41) is 0. The Bertz CT molecular complexity index is 6430. The second-order valence-corrected chi connectivity index (χ2v) is 45.0. The maximum Gasteiger partial charge on any atom is 0.131 e. The van der Waals surface area contributed by atoms with Crippen LogP contribution in [-0.2, 0) is 32.1 Å². The predicted octanol–water partition coefficient (Wildman–Crippen LogP) is 43.6. The Balaban J connectivity index is 0.000000133. The van der Waals surface area contributed by atoms with Crippen LogP contribution in [0.5, 0.6) is 0 Å². The Kier molecular flexibility index (Phi) is 40.6. The van der Waals surface area contributed by atoms with Gasteiger partial charge in [0.1, 0.15) is 29.1 Å². The van der Waals surface area contributed by atoms with E-state index < -0.39 is 0 Å². The van der Waals surface area contributed by atoms with Crippen LogP contribution in [0.15, 0.2) is 334 Å². The van der Waals surface area contributed by atoms with Gasteiger partial charge in [0.2, 0.25) is 0 Å². The van der Waals surface area contributed by atoms with Crippen LogP contribution in [0.3, 0.4) is 0 Å². The second-order valence-electron chi connectivity index (χ2n) is 45.0. The quantitative estimate of drug-likeness (QED) is 0.0324. The molecule has 0 amide bonds. The van der Waals surface area contributed by atoms with Gasteiger partial charge in [-0.25, -0.2) is 22.0 Å². The molecule has 0 heterocycles. The smallest absolute Gasteiger partial charge is 0.131 e. The van der Waals surface area contributed by atoms with Gasteiger partial charge in [-0.1, -0.05) is 475 Å². The van der Waals surface area contributed by atoms with Gasteiger partial charge in [0.15, 0.2) is 0 Å². The summed E-state index contributed by atoms with van der Waals surface area (Å²) in [7, 11) is 0. The fourth-order valence-electron chi connectivity index (χ4n) is 23.5. The van der Waals surface area contributed by atoms with Gasteiger partial charge in [0.25, 0.3) is 0 Å². The van der Waals surface area contributed by atoms with Crippen molar-refractivity contribution in [2.45, 2.75) is 317 Å². The van der Waals surface area contributed by atoms with E-state index in [9.17, 15) is 13.2 Å². The molecule has 5 heteroatoms. The first-order chi connectivity index (χ1) is 72.7. The van der Waals surface area contributed by atoms with Gasteiger partial charge >= 0.3 is 0 Å². The topological polar surface area (TPSA) is 0 Å². The molecule has 5 aliphatic carbocycles. The molecule has 0 aromatic heterocycles. The first-order valence-corrected chi connectivity index (χ1v) is 57.6. The van der Waals surface area contributed by atoms with Gasteiger partial charge in [-0.05, 0) is 344 Å². The van der Waals surface area contributed by atoms with Crippen LogP contribution >= 0.6 is 0 Å². The lowest BCUT2D eigenvalue weighted by molar-refractivity contribution is 0.348. The lowest BCUT2D eigenvalue weighted by atomic mass is 9.79. The van der Waals surface area contributed by atoms with Crippen LogP contribution in [-0.4, -0.2) is 0 Å². The van der Waals surface area contributed by atoms with E-state index in [1.165, 1.54) is 235 Å². The summed E-state index contributed by atoms with van der Waals surface area (Å²) < 4.78 is 74.8. The van der Waals surface area contributed by atoms with Crippen molar-refractivity contribution < 1.29 is 22.0 Å². The molecule has 0 atom stereocenters. The molecule has 0 radical (unpaired) electrons. The Morgan fingerprint density at radius 3 is 0.503 bits per heavy atom. The fourth-order valence-corrected chi connectivity index (χ4v) is 23.5. The highest BCUT2D eigenvalue weighted by atomic mass is 19.1. The van der Waals surface area contributed by atoms with Gasteiger partial charge in [0, 0.05) is 27.8 Å². The van der Waals surface area contributed by atoms with E-state index in [1.54, 1.807) is 30.3 Å².